The fourth-order valence-corrected chi connectivity index (χ4v) is 4.85. The van der Waals surface area contributed by atoms with E-state index < -0.39 is 76.1 Å². The molecular weight excluding hydrogens is 539 g/mol. The van der Waals surface area contributed by atoms with Gasteiger partial charge in [0.25, 0.3) is 0 Å². The van der Waals surface area contributed by atoms with E-state index in [1.165, 1.54) is 6.92 Å². The summed E-state index contributed by atoms with van der Waals surface area (Å²) in [6.07, 6.45) is -9.03. The number of nitrogens with zero attached hydrogens (tertiary/aromatic N) is 2. The van der Waals surface area contributed by atoms with Crippen molar-refractivity contribution in [1.82, 2.24) is 10.2 Å². The van der Waals surface area contributed by atoms with E-state index in [0.29, 0.717) is 12.5 Å². The zero-order chi connectivity index (χ0) is 28.7. The van der Waals surface area contributed by atoms with Crippen molar-refractivity contribution >= 4 is 17.6 Å². The number of anilines is 1. The Kier molecular flexibility index (Phi) is 7.41. The van der Waals surface area contributed by atoms with Crippen molar-refractivity contribution in [1.29, 1.82) is 0 Å². The van der Waals surface area contributed by atoms with Gasteiger partial charge in [-0.1, -0.05) is 12.5 Å². The van der Waals surface area contributed by atoms with Crippen LogP contribution in [0.25, 0.3) is 11.5 Å². The minimum Gasteiger partial charge on any atom is -0.481 e. The van der Waals surface area contributed by atoms with Gasteiger partial charge in [-0.25, -0.2) is 4.39 Å². The summed E-state index contributed by atoms with van der Waals surface area (Å²) in [4.78, 5) is 25.3. The van der Waals surface area contributed by atoms with E-state index in [2.05, 4.69) is 15.5 Å². The first-order valence-corrected chi connectivity index (χ1v) is 11.6. The molecule has 1 heterocycles. The van der Waals surface area contributed by atoms with Gasteiger partial charge in [-0.2, -0.15) is 26.3 Å². The molecule has 2 aromatic carbocycles. The highest BCUT2D eigenvalue weighted by Gasteiger charge is 2.44. The molecule has 0 spiro atoms. The molecule has 208 valence electrons. The molecule has 0 aliphatic heterocycles. The number of nitrogens with one attached hydrogen (secondary N) is 1. The second kappa shape index (κ2) is 10.3. The van der Waals surface area contributed by atoms with Crippen LogP contribution < -0.4 is 5.32 Å². The first kappa shape index (κ1) is 28.0. The maximum absolute atomic E-state index is 14.3. The molecule has 14 heteroatoms. The number of carbonyl (C=O) groups excluding carboxylic acids is 1. The van der Waals surface area contributed by atoms with Crippen LogP contribution in [0.1, 0.15) is 47.8 Å². The number of aromatic nitrogens is 2. The third kappa shape index (κ3) is 5.88. The number of benzene rings is 2. The van der Waals surface area contributed by atoms with Crippen LogP contribution in [-0.2, 0) is 21.9 Å². The Morgan fingerprint density at radius 2 is 1.72 bits per heavy atom. The predicted octanol–water partition coefficient (Wildman–Crippen LogP) is 6.44. The number of aliphatic carboxylic acids is 1. The lowest BCUT2D eigenvalue weighted by atomic mass is 9.68. The van der Waals surface area contributed by atoms with Gasteiger partial charge in [0.1, 0.15) is 5.82 Å². The topological polar surface area (TPSA) is 105 Å². The molecule has 4 rings (SSSR count). The second-order valence-electron chi connectivity index (χ2n) is 9.12. The van der Waals surface area contributed by atoms with Gasteiger partial charge in [-0.05, 0) is 54.7 Å². The molecule has 7 nitrogen and oxygen atoms in total. The van der Waals surface area contributed by atoms with Crippen LogP contribution >= 0.6 is 0 Å². The van der Waals surface area contributed by atoms with Crippen LogP contribution in [0.5, 0.6) is 0 Å². The molecule has 1 saturated carbocycles. The third-order valence-electron chi connectivity index (χ3n) is 6.61. The molecule has 0 saturated heterocycles. The van der Waals surface area contributed by atoms with Gasteiger partial charge in [-0.3, -0.25) is 9.59 Å². The molecule has 3 aromatic rings. The molecule has 0 unspecified atom stereocenters. The molecule has 1 amide bonds. The molecule has 0 bridgehead atoms. The van der Waals surface area contributed by atoms with Gasteiger partial charge in [0.05, 0.1) is 34.2 Å². The average Bonchev–Trinajstić information content (AvgIpc) is 3.29. The number of hydrogen-bond acceptors (Lipinski definition) is 5. The fourth-order valence-electron chi connectivity index (χ4n) is 4.85. The van der Waals surface area contributed by atoms with Crippen molar-refractivity contribution in [2.24, 2.45) is 11.8 Å². The highest BCUT2D eigenvalue weighted by Crippen LogP contribution is 2.45. The standard InChI is InChI=1S/C25H20F7N3O4/c1-11-34-35-22(39-11)16-9-12(5-7-17(16)25(30,31)32)14-3-2-4-15(20(14)23(37)38)21(36)33-19-8-6-13(10-18(19)26)24(27,28)29/h5-10,14-15,20H,2-4H2,1H3,(H,33,36)(H,37,38)/t14-,15-,20-/m1/s1. The molecular formula is C25H20F7N3O4. The van der Waals surface area contributed by atoms with Crippen molar-refractivity contribution in [2.75, 3.05) is 5.32 Å². The van der Waals surface area contributed by atoms with Gasteiger partial charge in [0.2, 0.25) is 17.7 Å². The van der Waals surface area contributed by atoms with Crippen molar-refractivity contribution in [3.8, 4) is 11.5 Å². The van der Waals surface area contributed by atoms with E-state index in [4.69, 9.17) is 4.42 Å². The van der Waals surface area contributed by atoms with Crippen LogP contribution in [0.4, 0.5) is 36.4 Å². The largest absolute Gasteiger partial charge is 0.481 e. The molecule has 2 N–H and O–H groups in total. The lowest BCUT2D eigenvalue weighted by Crippen LogP contribution is -2.40. The number of carbonyl (C=O) groups is 2. The SMILES string of the molecule is Cc1nnc(-c2cc([C@H]3CCC[C@@H](C(=O)Nc4ccc(C(F)(F)F)cc4F)[C@@H]3C(=O)O)ccc2C(F)(F)F)o1. The number of carboxylic acids is 1. The third-order valence-corrected chi connectivity index (χ3v) is 6.61. The van der Waals surface area contributed by atoms with Crippen LogP contribution in [0.2, 0.25) is 0 Å². The monoisotopic (exact) mass is 559 g/mol. The number of halogens is 7. The van der Waals surface area contributed by atoms with Gasteiger partial charge in [-0.15, -0.1) is 10.2 Å². The zero-order valence-electron chi connectivity index (χ0n) is 20.0. The summed E-state index contributed by atoms with van der Waals surface area (Å²) >= 11 is 0. The molecule has 3 atom stereocenters. The number of amides is 1. The predicted molar refractivity (Wildman–Crippen MR) is 121 cm³/mol. The average molecular weight is 559 g/mol. The number of carboxylic acid groups (broad SMARTS) is 1. The smallest absolute Gasteiger partial charge is 0.417 e. The highest BCUT2D eigenvalue weighted by atomic mass is 19.4. The lowest BCUT2D eigenvalue weighted by molar-refractivity contribution is -0.149. The number of aryl methyl sites for hydroxylation is 1. The maximum atomic E-state index is 14.3. The number of hydrogen-bond donors (Lipinski definition) is 2. The Morgan fingerprint density at radius 1 is 1.00 bits per heavy atom. The van der Waals surface area contributed by atoms with Crippen LogP contribution in [0, 0.1) is 24.6 Å². The lowest BCUT2D eigenvalue weighted by Gasteiger charge is -2.35. The van der Waals surface area contributed by atoms with E-state index in [0.717, 1.165) is 24.3 Å². The summed E-state index contributed by atoms with van der Waals surface area (Å²) in [6, 6.07) is 4.49. The van der Waals surface area contributed by atoms with Gasteiger partial charge >= 0.3 is 18.3 Å². The minimum atomic E-state index is -4.81. The molecule has 1 fully saturated rings. The summed E-state index contributed by atoms with van der Waals surface area (Å²) in [5.41, 5.74) is -3.19. The van der Waals surface area contributed by atoms with Crippen molar-refractivity contribution in [3.05, 3.63) is 64.8 Å². The minimum absolute atomic E-state index is 0.0110. The van der Waals surface area contributed by atoms with Gasteiger partial charge in [0, 0.05) is 6.92 Å². The Bertz CT molecular complexity index is 1400. The van der Waals surface area contributed by atoms with Crippen molar-refractivity contribution in [3.63, 3.8) is 0 Å². The Balaban J connectivity index is 1.67. The quantitative estimate of drug-likeness (QED) is 0.349. The maximum Gasteiger partial charge on any atom is 0.417 e. The normalized spacial score (nSPS) is 20.1. The van der Waals surface area contributed by atoms with Crippen LogP contribution in [0.15, 0.2) is 40.8 Å². The summed E-state index contributed by atoms with van der Waals surface area (Å²) in [5.74, 6) is -7.72. The first-order valence-electron chi connectivity index (χ1n) is 11.6. The van der Waals surface area contributed by atoms with E-state index in [9.17, 15) is 45.4 Å². The Labute approximate surface area is 216 Å². The molecule has 0 radical (unpaired) electrons. The molecule has 1 aliphatic rings. The fraction of sp³-hybridized carbons (Fsp3) is 0.360. The van der Waals surface area contributed by atoms with Crippen LogP contribution in [0.3, 0.4) is 0 Å². The van der Waals surface area contributed by atoms with Crippen molar-refractivity contribution < 1.29 is 49.8 Å². The summed E-state index contributed by atoms with van der Waals surface area (Å²) in [6.45, 7) is 1.39. The Morgan fingerprint density at radius 3 is 2.28 bits per heavy atom. The Hall–Kier alpha value is -3.97. The van der Waals surface area contributed by atoms with E-state index in [-0.39, 0.29) is 30.4 Å². The molecule has 1 aromatic heterocycles. The number of rotatable bonds is 5. The summed E-state index contributed by atoms with van der Waals surface area (Å²) in [7, 11) is 0. The second-order valence-corrected chi connectivity index (χ2v) is 9.12. The molecule has 1 aliphatic carbocycles. The highest BCUT2D eigenvalue weighted by molar-refractivity contribution is 5.95. The van der Waals surface area contributed by atoms with E-state index in [1.54, 1.807) is 0 Å². The zero-order valence-corrected chi connectivity index (χ0v) is 20.0. The van der Waals surface area contributed by atoms with E-state index >= 15 is 0 Å². The van der Waals surface area contributed by atoms with Gasteiger partial charge < -0.3 is 14.8 Å². The summed E-state index contributed by atoms with van der Waals surface area (Å²) in [5, 5.41) is 19.4. The van der Waals surface area contributed by atoms with Crippen LogP contribution in [-0.4, -0.2) is 27.2 Å². The van der Waals surface area contributed by atoms with E-state index in [1.807, 2.05) is 0 Å². The molecule has 39 heavy (non-hydrogen) atoms. The van der Waals surface area contributed by atoms with Crippen molar-refractivity contribution in [2.45, 2.75) is 44.5 Å². The van der Waals surface area contributed by atoms with Gasteiger partial charge in [0.15, 0.2) is 0 Å². The summed E-state index contributed by atoms with van der Waals surface area (Å²) < 4.78 is 99.0. The number of alkyl halides is 6. The first-order chi connectivity index (χ1) is 18.2.